The maximum atomic E-state index is 12.3. The number of pyridine rings is 2. The van der Waals surface area contributed by atoms with Gasteiger partial charge in [-0.25, -0.2) is 19.9 Å². The Labute approximate surface area is 153 Å². The second-order valence-corrected chi connectivity index (χ2v) is 5.95. The van der Waals surface area contributed by atoms with Crippen LogP contribution in [-0.2, 0) is 0 Å². The minimum absolute atomic E-state index is 0.200. The number of nitrogens with one attached hydrogen (secondary N) is 1. The van der Waals surface area contributed by atoms with Crippen LogP contribution in [0, 0.1) is 6.92 Å². The number of carbonyl (C=O) groups is 1. The summed E-state index contributed by atoms with van der Waals surface area (Å²) >= 11 is 5.83. The molecule has 26 heavy (non-hydrogen) atoms. The predicted octanol–water partition coefficient (Wildman–Crippen LogP) is 3.40. The molecule has 4 aromatic heterocycles. The van der Waals surface area contributed by atoms with Crippen LogP contribution in [0.5, 0.6) is 0 Å². The Kier molecular flexibility index (Phi) is 4.06. The largest absolute Gasteiger partial charge is 0.298 e. The fraction of sp³-hybridized carbons (Fsp3) is 0.0556. The summed E-state index contributed by atoms with van der Waals surface area (Å²) in [5, 5.41) is 2.92. The van der Waals surface area contributed by atoms with Crippen molar-refractivity contribution < 1.29 is 4.79 Å². The number of amides is 1. The number of rotatable bonds is 3. The van der Waals surface area contributed by atoms with Crippen LogP contribution in [0.4, 0.5) is 5.95 Å². The molecule has 0 saturated heterocycles. The molecule has 0 bridgehead atoms. The van der Waals surface area contributed by atoms with E-state index in [4.69, 9.17) is 11.6 Å². The Morgan fingerprint density at radius 3 is 2.81 bits per heavy atom. The molecular weight excluding hydrogens is 352 g/mol. The van der Waals surface area contributed by atoms with Gasteiger partial charge >= 0.3 is 0 Å². The lowest BCUT2D eigenvalue weighted by molar-refractivity contribution is 0.102. The molecule has 0 fully saturated rings. The summed E-state index contributed by atoms with van der Waals surface area (Å²) in [6, 6.07) is 10.6. The van der Waals surface area contributed by atoms with Crippen molar-refractivity contribution in [2.75, 3.05) is 5.32 Å². The molecule has 0 saturated carbocycles. The quantitative estimate of drug-likeness (QED) is 0.563. The zero-order valence-electron chi connectivity index (χ0n) is 13.7. The molecule has 0 radical (unpaired) electrons. The molecule has 1 N–H and O–H groups in total. The van der Waals surface area contributed by atoms with Crippen LogP contribution >= 0.6 is 11.6 Å². The molecule has 1 amide bonds. The first kappa shape index (κ1) is 16.2. The summed E-state index contributed by atoms with van der Waals surface area (Å²) in [5.41, 5.74) is 3.57. The molecule has 0 aliphatic carbocycles. The van der Waals surface area contributed by atoms with E-state index >= 15 is 0 Å². The van der Waals surface area contributed by atoms with Crippen LogP contribution in [-0.4, -0.2) is 30.2 Å². The molecule has 4 aromatic rings. The van der Waals surface area contributed by atoms with Crippen LogP contribution in [0.15, 0.2) is 55.0 Å². The van der Waals surface area contributed by atoms with E-state index in [-0.39, 0.29) is 17.0 Å². The van der Waals surface area contributed by atoms with Gasteiger partial charge < -0.3 is 0 Å². The zero-order valence-corrected chi connectivity index (χ0v) is 14.5. The summed E-state index contributed by atoms with van der Waals surface area (Å²) in [6.07, 6.45) is 4.99. The fourth-order valence-electron chi connectivity index (χ4n) is 2.69. The van der Waals surface area contributed by atoms with Gasteiger partial charge in [-0.1, -0.05) is 17.7 Å². The van der Waals surface area contributed by atoms with E-state index in [0.29, 0.717) is 11.3 Å². The minimum Gasteiger partial charge on any atom is -0.298 e. The van der Waals surface area contributed by atoms with Crippen molar-refractivity contribution in [3.05, 3.63) is 71.4 Å². The van der Waals surface area contributed by atoms with E-state index in [1.807, 2.05) is 35.7 Å². The van der Waals surface area contributed by atoms with Crippen LogP contribution in [0.3, 0.4) is 0 Å². The summed E-state index contributed by atoms with van der Waals surface area (Å²) in [6.45, 7) is 1.92. The Hall–Kier alpha value is -3.32. The van der Waals surface area contributed by atoms with Gasteiger partial charge in [-0.05, 0) is 37.3 Å². The zero-order chi connectivity index (χ0) is 18.1. The van der Waals surface area contributed by atoms with E-state index < -0.39 is 0 Å². The van der Waals surface area contributed by atoms with Gasteiger partial charge in [0.1, 0.15) is 10.8 Å². The van der Waals surface area contributed by atoms with Crippen molar-refractivity contribution in [1.29, 1.82) is 0 Å². The number of nitrogens with zero attached hydrogens (tertiary/aromatic N) is 5. The summed E-state index contributed by atoms with van der Waals surface area (Å²) in [7, 11) is 0. The maximum Gasteiger partial charge on any atom is 0.258 e. The van der Waals surface area contributed by atoms with Gasteiger partial charge in [0, 0.05) is 24.2 Å². The van der Waals surface area contributed by atoms with E-state index in [2.05, 4.69) is 25.3 Å². The predicted molar refractivity (Wildman–Crippen MR) is 98.2 cm³/mol. The van der Waals surface area contributed by atoms with Gasteiger partial charge in [0.2, 0.25) is 5.95 Å². The van der Waals surface area contributed by atoms with Gasteiger partial charge in [-0.15, -0.1) is 0 Å². The molecule has 0 atom stereocenters. The second-order valence-electron chi connectivity index (χ2n) is 5.56. The summed E-state index contributed by atoms with van der Waals surface area (Å²) in [5.74, 6) is -0.160. The van der Waals surface area contributed by atoms with Crippen molar-refractivity contribution in [3.63, 3.8) is 0 Å². The number of hydrogen-bond acceptors (Lipinski definition) is 5. The highest BCUT2D eigenvalue weighted by molar-refractivity contribution is 6.29. The third kappa shape index (κ3) is 3.00. The Morgan fingerprint density at radius 2 is 1.96 bits per heavy atom. The normalized spacial score (nSPS) is 10.8. The van der Waals surface area contributed by atoms with Crippen molar-refractivity contribution in [2.24, 2.45) is 0 Å². The number of fused-ring (bicyclic) bond motifs is 1. The minimum atomic E-state index is -0.360. The van der Waals surface area contributed by atoms with Gasteiger partial charge in [0.15, 0.2) is 0 Å². The molecule has 8 heteroatoms. The molecule has 128 valence electrons. The molecule has 7 nitrogen and oxygen atoms in total. The average Bonchev–Trinajstić information content (AvgIpc) is 2.97. The molecule has 4 heterocycles. The van der Waals surface area contributed by atoms with Gasteiger partial charge in [0.25, 0.3) is 5.91 Å². The summed E-state index contributed by atoms with van der Waals surface area (Å²) < 4.78 is 1.95. The van der Waals surface area contributed by atoms with Crippen LogP contribution < -0.4 is 5.32 Å². The third-order valence-corrected chi connectivity index (χ3v) is 4.02. The molecule has 4 rings (SSSR count). The van der Waals surface area contributed by atoms with Crippen molar-refractivity contribution in [3.8, 4) is 11.4 Å². The average molecular weight is 365 g/mol. The lowest BCUT2D eigenvalue weighted by atomic mass is 10.2. The molecule has 0 aromatic carbocycles. The fourth-order valence-corrected chi connectivity index (χ4v) is 2.86. The van der Waals surface area contributed by atoms with E-state index in [9.17, 15) is 4.79 Å². The molecule has 0 spiro atoms. The van der Waals surface area contributed by atoms with Crippen molar-refractivity contribution in [2.45, 2.75) is 6.92 Å². The highest BCUT2D eigenvalue weighted by Gasteiger charge is 2.14. The van der Waals surface area contributed by atoms with E-state index in [0.717, 1.165) is 17.0 Å². The number of aryl methyl sites for hydroxylation is 1. The lowest BCUT2D eigenvalue weighted by Crippen LogP contribution is -2.14. The Morgan fingerprint density at radius 1 is 1.12 bits per heavy atom. The molecule has 0 aliphatic heterocycles. The number of halogens is 1. The van der Waals surface area contributed by atoms with Crippen LogP contribution in [0.2, 0.25) is 5.15 Å². The Bertz CT molecular complexity index is 1120. The lowest BCUT2D eigenvalue weighted by Gasteiger charge is -2.07. The SMILES string of the molecule is Cc1nc2ccccn2c1-c1ccnc(NC(=O)c2ccnc(Cl)c2)n1. The van der Waals surface area contributed by atoms with Crippen molar-refractivity contribution >= 4 is 29.1 Å². The van der Waals surface area contributed by atoms with Crippen molar-refractivity contribution in [1.82, 2.24) is 24.3 Å². The van der Waals surface area contributed by atoms with E-state index in [1.165, 1.54) is 12.3 Å². The van der Waals surface area contributed by atoms with Gasteiger partial charge in [0.05, 0.1) is 17.1 Å². The topological polar surface area (TPSA) is 85.1 Å². The number of carbonyl (C=O) groups excluding carboxylic acids is 1. The highest BCUT2D eigenvalue weighted by atomic mass is 35.5. The third-order valence-electron chi connectivity index (χ3n) is 3.82. The number of hydrogen-bond donors (Lipinski definition) is 1. The molecule has 0 unspecified atom stereocenters. The first-order valence-corrected chi connectivity index (χ1v) is 8.19. The van der Waals surface area contributed by atoms with Crippen LogP contribution in [0.25, 0.3) is 17.0 Å². The summed E-state index contributed by atoms with van der Waals surface area (Å²) in [4.78, 5) is 29.3. The molecule has 0 aliphatic rings. The monoisotopic (exact) mass is 364 g/mol. The van der Waals surface area contributed by atoms with Crippen LogP contribution in [0.1, 0.15) is 16.1 Å². The number of aromatic nitrogens is 5. The Balaban J connectivity index is 1.69. The molecular formula is C18H13ClN6O. The standard InChI is InChI=1S/C18H13ClN6O/c1-11-16(25-9-3-2-4-15(25)22-11)13-6-8-21-18(23-13)24-17(26)12-5-7-20-14(19)10-12/h2-10H,1H3,(H,21,23,24,26). The van der Waals surface area contributed by atoms with E-state index in [1.54, 1.807) is 18.3 Å². The van der Waals surface area contributed by atoms with Gasteiger partial charge in [-0.2, -0.15) is 0 Å². The van der Waals surface area contributed by atoms with Gasteiger partial charge in [-0.3, -0.25) is 14.5 Å². The number of imidazole rings is 1. The smallest absolute Gasteiger partial charge is 0.258 e. The maximum absolute atomic E-state index is 12.3. The first-order valence-electron chi connectivity index (χ1n) is 7.82. The second kappa shape index (κ2) is 6.53. The first-order chi connectivity index (χ1) is 12.6. The highest BCUT2D eigenvalue weighted by Crippen LogP contribution is 2.23. The number of anilines is 1.